The molecule has 0 radical (unpaired) electrons. The summed E-state index contributed by atoms with van der Waals surface area (Å²) < 4.78 is 60.4. The molecule has 2 N–H and O–H groups in total. The van der Waals surface area contributed by atoms with Crippen LogP contribution in [0.4, 0.5) is 34.6 Å². The predicted molar refractivity (Wildman–Crippen MR) is 102 cm³/mol. The molecule has 0 bridgehead atoms. The Balaban J connectivity index is 2.17. The van der Waals surface area contributed by atoms with Crippen LogP contribution in [0.1, 0.15) is 0 Å². The Morgan fingerprint density at radius 2 is 1.93 bits per heavy atom. The lowest BCUT2D eigenvalue weighted by Gasteiger charge is -2.17. The third kappa shape index (κ3) is 6.17. The van der Waals surface area contributed by atoms with E-state index in [1.807, 2.05) is 0 Å². The number of hydrogen-bond acceptors (Lipinski definition) is 5. The largest absolute Gasteiger partial charge is 0.495 e. The monoisotopic (exact) mass is 433 g/mol. The number of nitro groups is 1. The highest BCUT2D eigenvalue weighted by Gasteiger charge is 2.41. The highest BCUT2D eigenvalue weighted by atomic mass is 32.1. The van der Waals surface area contributed by atoms with Crippen LogP contribution in [-0.4, -0.2) is 36.1 Å². The van der Waals surface area contributed by atoms with Gasteiger partial charge in [0.25, 0.3) is 5.69 Å². The van der Waals surface area contributed by atoms with Crippen LogP contribution in [-0.2, 0) is 0 Å². The molecule has 0 aliphatic carbocycles. The smallest absolute Gasteiger partial charge is 0.340 e. The Labute approximate surface area is 167 Å². The molecule has 0 unspecified atom stereocenters. The molecule has 156 valence electrons. The molecule has 2 aromatic rings. The third-order valence-corrected chi connectivity index (χ3v) is 3.67. The van der Waals surface area contributed by atoms with E-state index < -0.39 is 35.3 Å². The minimum atomic E-state index is -4.40. The molecule has 0 aliphatic heterocycles. The Morgan fingerprint density at radius 3 is 2.55 bits per heavy atom. The van der Waals surface area contributed by atoms with Crippen LogP contribution >= 0.6 is 12.2 Å². The number of nitrogens with one attached hydrogen (secondary N) is 2. The summed E-state index contributed by atoms with van der Waals surface area (Å²) in [5.74, 6) is -4.32. The van der Waals surface area contributed by atoms with Crippen LogP contribution < -0.4 is 20.1 Å². The maximum absolute atomic E-state index is 13.0. The number of nitrogens with zero attached hydrogens (tertiary/aromatic N) is 1. The van der Waals surface area contributed by atoms with Gasteiger partial charge in [-0.2, -0.15) is 8.78 Å². The molecule has 12 heteroatoms. The predicted octanol–water partition coefficient (Wildman–Crippen LogP) is 4.69. The Kier molecular flexibility index (Phi) is 7.15. The van der Waals surface area contributed by atoms with Crippen molar-refractivity contribution in [3.8, 4) is 11.5 Å². The summed E-state index contributed by atoms with van der Waals surface area (Å²) in [5.41, 5.74) is 0.0263. The summed E-state index contributed by atoms with van der Waals surface area (Å²) in [6.45, 7) is -1.64. The number of hydrogen-bond donors (Lipinski definition) is 2. The lowest BCUT2D eigenvalue weighted by molar-refractivity contribution is -0.384. The fraction of sp³-hybridized carbons (Fsp3) is 0.235. The van der Waals surface area contributed by atoms with Crippen molar-refractivity contribution in [3.63, 3.8) is 0 Å². The van der Waals surface area contributed by atoms with Gasteiger partial charge in [0.1, 0.15) is 11.5 Å². The highest BCUT2D eigenvalue weighted by molar-refractivity contribution is 7.80. The quantitative estimate of drug-likeness (QED) is 0.270. The van der Waals surface area contributed by atoms with Gasteiger partial charge in [0, 0.05) is 12.1 Å². The van der Waals surface area contributed by atoms with E-state index in [1.54, 1.807) is 24.3 Å². The maximum atomic E-state index is 13.0. The van der Waals surface area contributed by atoms with Gasteiger partial charge in [-0.15, -0.1) is 0 Å². The van der Waals surface area contributed by atoms with Crippen molar-refractivity contribution in [2.75, 3.05) is 24.4 Å². The summed E-state index contributed by atoms with van der Waals surface area (Å²) in [6, 6.07) is 9.83. The van der Waals surface area contributed by atoms with Crippen molar-refractivity contribution in [2.24, 2.45) is 0 Å². The topological polar surface area (TPSA) is 85.7 Å². The van der Waals surface area contributed by atoms with Crippen molar-refractivity contribution in [1.29, 1.82) is 0 Å². The molecule has 0 aliphatic rings. The normalized spacial score (nSPS) is 11.1. The number of halogens is 4. The van der Waals surface area contributed by atoms with Crippen LogP contribution in [0, 0.1) is 10.1 Å². The first kappa shape index (κ1) is 22.1. The Bertz CT molecular complexity index is 899. The van der Waals surface area contributed by atoms with Gasteiger partial charge in [-0.3, -0.25) is 10.1 Å². The number of benzene rings is 2. The number of para-hydroxylation sites is 2. The molecule has 0 saturated heterocycles. The molecule has 2 aromatic carbocycles. The Hall–Kier alpha value is -3.15. The van der Waals surface area contributed by atoms with Gasteiger partial charge in [0.15, 0.2) is 11.7 Å². The van der Waals surface area contributed by atoms with E-state index in [2.05, 4.69) is 15.4 Å². The molecular weight excluding hydrogens is 418 g/mol. The zero-order valence-electron chi connectivity index (χ0n) is 14.8. The average Bonchev–Trinajstić information content (AvgIpc) is 2.66. The second-order valence-electron chi connectivity index (χ2n) is 5.60. The molecule has 0 spiro atoms. The van der Waals surface area contributed by atoms with Crippen molar-refractivity contribution in [3.05, 3.63) is 52.6 Å². The van der Waals surface area contributed by atoms with Crippen molar-refractivity contribution in [2.45, 2.75) is 12.3 Å². The van der Waals surface area contributed by atoms with E-state index in [9.17, 15) is 27.7 Å². The summed E-state index contributed by atoms with van der Waals surface area (Å²) in [7, 11) is 1.45. The minimum Gasteiger partial charge on any atom is -0.495 e. The molecule has 0 saturated carbocycles. The van der Waals surface area contributed by atoms with E-state index >= 15 is 0 Å². The number of thiocarbonyl (C=S) groups is 1. The van der Waals surface area contributed by atoms with Gasteiger partial charge in [-0.25, -0.2) is 8.78 Å². The standard InChI is InChI=1S/C17H15F4N3O4S/c1-27-14-5-3-2-4-13(14)23-16(29)22-10-6-11(24(25)26)8-12(7-10)28-9-17(20,21)15(18)19/h2-8,15H,9H2,1H3,(H2,22,23,29). The Morgan fingerprint density at radius 1 is 1.24 bits per heavy atom. The molecular formula is C17H15F4N3O4S. The molecule has 0 atom stereocenters. The van der Waals surface area contributed by atoms with Crippen molar-refractivity contribution in [1.82, 2.24) is 0 Å². The van der Waals surface area contributed by atoms with E-state index in [4.69, 9.17) is 17.0 Å². The summed E-state index contributed by atoms with van der Waals surface area (Å²) in [5, 5.41) is 16.5. The zero-order valence-corrected chi connectivity index (χ0v) is 15.6. The molecule has 0 aromatic heterocycles. The maximum Gasteiger partial charge on any atom is 0.340 e. The summed E-state index contributed by atoms with van der Waals surface area (Å²) in [6.07, 6.45) is -3.93. The lowest BCUT2D eigenvalue weighted by atomic mass is 10.2. The zero-order chi connectivity index (χ0) is 21.6. The van der Waals surface area contributed by atoms with Gasteiger partial charge in [0.05, 0.1) is 29.5 Å². The molecule has 0 amide bonds. The molecule has 2 rings (SSSR count). The first-order valence-corrected chi connectivity index (χ1v) is 8.32. The summed E-state index contributed by atoms with van der Waals surface area (Å²) >= 11 is 5.13. The van der Waals surface area contributed by atoms with Gasteiger partial charge >= 0.3 is 12.3 Å². The molecule has 0 heterocycles. The summed E-state index contributed by atoms with van der Waals surface area (Å²) in [4.78, 5) is 10.3. The van der Waals surface area contributed by atoms with Crippen molar-refractivity contribution >= 4 is 34.4 Å². The number of alkyl halides is 4. The van der Waals surface area contributed by atoms with E-state index in [1.165, 1.54) is 7.11 Å². The number of non-ortho nitro benzene ring substituents is 1. The number of anilines is 2. The van der Waals surface area contributed by atoms with Crippen LogP contribution in [0.3, 0.4) is 0 Å². The lowest BCUT2D eigenvalue weighted by Crippen LogP contribution is -2.33. The third-order valence-electron chi connectivity index (χ3n) is 3.47. The molecule has 7 nitrogen and oxygen atoms in total. The number of nitro benzene ring substituents is 1. The van der Waals surface area contributed by atoms with Gasteiger partial charge < -0.3 is 20.1 Å². The van der Waals surface area contributed by atoms with Gasteiger partial charge in [0.2, 0.25) is 0 Å². The number of rotatable bonds is 8. The molecule has 29 heavy (non-hydrogen) atoms. The van der Waals surface area contributed by atoms with Gasteiger partial charge in [-0.1, -0.05) is 12.1 Å². The second-order valence-corrected chi connectivity index (χ2v) is 6.01. The fourth-order valence-corrected chi connectivity index (χ4v) is 2.35. The van der Waals surface area contributed by atoms with E-state index in [0.29, 0.717) is 11.4 Å². The fourth-order valence-electron chi connectivity index (χ4n) is 2.12. The highest BCUT2D eigenvalue weighted by Crippen LogP contribution is 2.30. The van der Waals surface area contributed by atoms with Crippen LogP contribution in [0.5, 0.6) is 11.5 Å². The number of methoxy groups -OCH3 is 1. The van der Waals surface area contributed by atoms with E-state index in [0.717, 1.165) is 18.2 Å². The number of ether oxygens (including phenoxy) is 2. The van der Waals surface area contributed by atoms with Gasteiger partial charge in [-0.05, 0) is 24.4 Å². The SMILES string of the molecule is COc1ccccc1NC(=S)Nc1cc(OCC(F)(F)C(F)F)cc([N+](=O)[O-])c1. The van der Waals surface area contributed by atoms with Crippen LogP contribution in [0.2, 0.25) is 0 Å². The average molecular weight is 433 g/mol. The van der Waals surface area contributed by atoms with Crippen molar-refractivity contribution < 1.29 is 32.0 Å². The minimum absolute atomic E-state index is 0.0128. The first-order chi connectivity index (χ1) is 13.6. The van der Waals surface area contributed by atoms with E-state index in [-0.39, 0.29) is 10.8 Å². The second kappa shape index (κ2) is 9.37. The van der Waals surface area contributed by atoms with Crippen LogP contribution in [0.25, 0.3) is 0 Å². The first-order valence-electron chi connectivity index (χ1n) is 7.91. The van der Waals surface area contributed by atoms with Crippen LogP contribution in [0.15, 0.2) is 42.5 Å². The molecule has 0 fully saturated rings.